The first kappa shape index (κ1) is 21.7. The number of nitrogens with zero attached hydrogens (tertiary/aromatic N) is 8. The summed E-state index contributed by atoms with van der Waals surface area (Å²) >= 11 is 5.79. The van der Waals surface area contributed by atoms with E-state index < -0.39 is 0 Å². The molecule has 8 nitrogen and oxygen atoms in total. The van der Waals surface area contributed by atoms with Crippen molar-refractivity contribution in [2.75, 3.05) is 33.2 Å². The highest BCUT2D eigenvalue weighted by atomic mass is 32.1. The molecule has 2 aromatic carbocycles. The molecule has 3 heterocycles. The first-order chi connectivity index (χ1) is 16.1. The minimum absolute atomic E-state index is 0.572. The lowest BCUT2D eigenvalue weighted by Crippen LogP contribution is -2.45. The molecule has 1 aliphatic heterocycles. The molecule has 0 saturated carbocycles. The fraction of sp³-hybridized carbons (Fsp3) is 0.333. The summed E-state index contributed by atoms with van der Waals surface area (Å²) in [5.74, 6) is 2.05. The van der Waals surface area contributed by atoms with Crippen molar-refractivity contribution in [2.45, 2.75) is 20.1 Å². The molecule has 33 heavy (non-hydrogen) atoms. The molecule has 1 saturated heterocycles. The summed E-state index contributed by atoms with van der Waals surface area (Å²) < 4.78 is 6.51. The van der Waals surface area contributed by atoms with E-state index in [4.69, 9.17) is 27.4 Å². The van der Waals surface area contributed by atoms with Gasteiger partial charge in [-0.1, -0.05) is 48.5 Å². The summed E-state index contributed by atoms with van der Waals surface area (Å²) in [5, 5.41) is 9.78. The number of hydrogen-bond donors (Lipinski definition) is 0. The fourth-order valence-electron chi connectivity index (χ4n) is 4.09. The smallest absolute Gasteiger partial charge is 0.220 e. The van der Waals surface area contributed by atoms with E-state index in [2.05, 4.69) is 23.8 Å². The number of rotatable bonds is 6. The van der Waals surface area contributed by atoms with E-state index in [1.807, 2.05) is 74.6 Å². The van der Waals surface area contributed by atoms with Crippen LogP contribution < -0.4 is 0 Å². The number of para-hydroxylation sites is 1. The molecule has 0 atom stereocenters. The van der Waals surface area contributed by atoms with Gasteiger partial charge in [-0.05, 0) is 38.3 Å². The van der Waals surface area contributed by atoms with Gasteiger partial charge in [0.25, 0.3) is 0 Å². The van der Waals surface area contributed by atoms with E-state index >= 15 is 0 Å². The average molecular weight is 461 g/mol. The maximum absolute atomic E-state index is 5.79. The fourth-order valence-corrected chi connectivity index (χ4v) is 4.41. The van der Waals surface area contributed by atoms with Gasteiger partial charge in [0.05, 0.1) is 12.4 Å². The molecule has 1 fully saturated rings. The molecular formula is C24H28N8S. The number of likely N-dealkylation sites (N-methyl/N-ethyl adjacent to an activating group) is 1. The van der Waals surface area contributed by atoms with Crippen molar-refractivity contribution < 1.29 is 0 Å². The van der Waals surface area contributed by atoms with Crippen molar-refractivity contribution in [3.63, 3.8) is 0 Å². The van der Waals surface area contributed by atoms with Gasteiger partial charge < -0.3 is 4.90 Å². The number of hydrogen-bond acceptors (Lipinski definition) is 6. The third-order valence-corrected chi connectivity index (χ3v) is 6.44. The number of benzene rings is 2. The molecule has 170 valence electrons. The van der Waals surface area contributed by atoms with Crippen LogP contribution in [0.3, 0.4) is 0 Å². The van der Waals surface area contributed by atoms with Gasteiger partial charge in [-0.15, -0.1) is 10.2 Å². The third-order valence-electron chi connectivity index (χ3n) is 6.01. The van der Waals surface area contributed by atoms with Gasteiger partial charge >= 0.3 is 0 Å². The van der Waals surface area contributed by atoms with E-state index in [-0.39, 0.29) is 0 Å². The molecule has 4 aromatic rings. The van der Waals surface area contributed by atoms with Crippen molar-refractivity contribution in [3.05, 3.63) is 65.4 Å². The minimum Gasteiger partial charge on any atom is -0.304 e. The van der Waals surface area contributed by atoms with Gasteiger partial charge in [0.15, 0.2) is 10.6 Å². The van der Waals surface area contributed by atoms with Gasteiger partial charge in [-0.2, -0.15) is 0 Å². The summed E-state index contributed by atoms with van der Waals surface area (Å²) in [7, 11) is 2.16. The zero-order valence-electron chi connectivity index (χ0n) is 19.0. The predicted octanol–water partition coefficient (Wildman–Crippen LogP) is 3.55. The lowest BCUT2D eigenvalue weighted by Gasteiger charge is -2.31. The van der Waals surface area contributed by atoms with Crippen LogP contribution in [0.15, 0.2) is 60.7 Å². The zero-order chi connectivity index (χ0) is 22.8. The molecule has 0 radical (unpaired) electrons. The molecule has 0 amide bonds. The third kappa shape index (κ3) is 4.39. The lowest BCUT2D eigenvalue weighted by molar-refractivity contribution is 0.119. The Bertz CT molecular complexity index is 1210. The van der Waals surface area contributed by atoms with Crippen LogP contribution in [0.25, 0.3) is 28.7 Å². The van der Waals surface area contributed by atoms with Crippen molar-refractivity contribution in [1.82, 2.24) is 38.9 Å². The van der Waals surface area contributed by atoms with Crippen molar-refractivity contribution in [3.8, 4) is 28.7 Å². The second kappa shape index (κ2) is 9.38. The molecule has 0 unspecified atom stereocenters. The van der Waals surface area contributed by atoms with Gasteiger partial charge in [-0.3, -0.25) is 9.47 Å². The Hall–Kier alpha value is -3.14. The Kier molecular flexibility index (Phi) is 6.17. The molecule has 1 aliphatic rings. The molecule has 0 N–H and O–H groups in total. The molecular weight excluding hydrogens is 432 g/mol. The Morgan fingerprint density at radius 1 is 0.848 bits per heavy atom. The Labute approximate surface area is 198 Å². The van der Waals surface area contributed by atoms with Crippen LogP contribution in [0.5, 0.6) is 0 Å². The SMILES string of the molecule is CCn1c(-c2nc(-c3ccccc3)n(-c3ccccc3)n2)nn(CN2CCN(C)CC2)c1=S. The monoisotopic (exact) mass is 460 g/mol. The molecule has 2 aromatic heterocycles. The van der Waals surface area contributed by atoms with E-state index in [1.54, 1.807) is 0 Å². The van der Waals surface area contributed by atoms with E-state index in [0.29, 0.717) is 29.6 Å². The molecule has 0 bridgehead atoms. The first-order valence-corrected chi connectivity index (χ1v) is 11.7. The standard InChI is InChI=1S/C24H28N8S/c1-3-30-23(27-31(24(30)33)18-29-16-14-28(2)15-17-29)21-25-22(19-10-6-4-7-11-19)32(26-21)20-12-8-5-9-13-20/h4-13H,3,14-18H2,1-2H3. The van der Waals surface area contributed by atoms with E-state index in [1.165, 1.54) is 0 Å². The summed E-state index contributed by atoms with van der Waals surface area (Å²) in [6.45, 7) is 7.58. The summed E-state index contributed by atoms with van der Waals surface area (Å²) in [4.78, 5) is 9.67. The topological polar surface area (TPSA) is 59.9 Å². The first-order valence-electron chi connectivity index (χ1n) is 11.3. The highest BCUT2D eigenvalue weighted by Crippen LogP contribution is 2.25. The van der Waals surface area contributed by atoms with Gasteiger partial charge in [0.2, 0.25) is 11.6 Å². The summed E-state index contributed by atoms with van der Waals surface area (Å²) in [5.41, 5.74) is 1.95. The highest BCUT2D eigenvalue weighted by molar-refractivity contribution is 7.71. The van der Waals surface area contributed by atoms with Crippen LogP contribution in [-0.2, 0) is 13.2 Å². The Morgan fingerprint density at radius 2 is 1.52 bits per heavy atom. The van der Waals surface area contributed by atoms with Gasteiger partial charge in [0, 0.05) is 38.3 Å². The van der Waals surface area contributed by atoms with Crippen molar-refractivity contribution >= 4 is 12.2 Å². The Balaban J connectivity index is 1.56. The van der Waals surface area contributed by atoms with Gasteiger partial charge in [-0.25, -0.2) is 14.3 Å². The maximum atomic E-state index is 5.79. The van der Waals surface area contributed by atoms with Crippen LogP contribution >= 0.6 is 12.2 Å². The second-order valence-corrected chi connectivity index (χ2v) is 8.65. The summed E-state index contributed by atoms with van der Waals surface area (Å²) in [6.07, 6.45) is 0. The highest BCUT2D eigenvalue weighted by Gasteiger charge is 2.22. The molecule has 0 spiro atoms. The van der Waals surface area contributed by atoms with Crippen LogP contribution in [0.1, 0.15) is 6.92 Å². The van der Waals surface area contributed by atoms with Crippen LogP contribution in [-0.4, -0.2) is 72.1 Å². The van der Waals surface area contributed by atoms with Crippen molar-refractivity contribution in [1.29, 1.82) is 0 Å². The maximum Gasteiger partial charge on any atom is 0.220 e. The number of aromatic nitrogens is 6. The van der Waals surface area contributed by atoms with Crippen LogP contribution in [0, 0.1) is 4.77 Å². The normalized spacial score (nSPS) is 15.2. The predicted molar refractivity (Wildman–Crippen MR) is 132 cm³/mol. The van der Waals surface area contributed by atoms with Crippen LogP contribution in [0.2, 0.25) is 0 Å². The molecule has 5 rings (SSSR count). The summed E-state index contributed by atoms with van der Waals surface area (Å²) in [6, 6.07) is 20.2. The zero-order valence-corrected chi connectivity index (χ0v) is 19.8. The van der Waals surface area contributed by atoms with Gasteiger partial charge in [0.1, 0.15) is 0 Å². The number of piperazine rings is 1. The van der Waals surface area contributed by atoms with E-state index in [9.17, 15) is 0 Å². The Morgan fingerprint density at radius 3 is 2.18 bits per heavy atom. The largest absolute Gasteiger partial charge is 0.304 e. The van der Waals surface area contributed by atoms with Crippen molar-refractivity contribution in [2.24, 2.45) is 0 Å². The van der Waals surface area contributed by atoms with Crippen LogP contribution in [0.4, 0.5) is 0 Å². The minimum atomic E-state index is 0.572. The quantitative estimate of drug-likeness (QED) is 0.410. The van der Waals surface area contributed by atoms with E-state index in [0.717, 1.165) is 43.3 Å². The molecule has 9 heteroatoms. The molecule has 0 aliphatic carbocycles. The lowest BCUT2D eigenvalue weighted by atomic mass is 10.2. The second-order valence-electron chi connectivity index (χ2n) is 8.29. The average Bonchev–Trinajstić information content (AvgIpc) is 3.43.